The Morgan fingerprint density at radius 3 is 2.17 bits per heavy atom. The molecule has 0 aromatic heterocycles. The molecule has 1 aliphatic heterocycles. The molecule has 4 rings (SSSR count). The minimum atomic E-state index is -1.11. The van der Waals surface area contributed by atoms with Crippen LogP contribution in [-0.4, -0.2) is 21.7 Å². The number of nitrogens with zero attached hydrogens (tertiary/aromatic N) is 1. The lowest BCUT2D eigenvalue weighted by molar-refractivity contribution is -0.140. The third-order valence-corrected chi connectivity index (χ3v) is 5.05. The fourth-order valence-electron chi connectivity index (χ4n) is 3.61. The highest BCUT2D eigenvalue weighted by atomic mass is 19.1. The molecule has 0 aliphatic carbocycles. The van der Waals surface area contributed by atoms with Crippen molar-refractivity contribution < 1.29 is 23.5 Å². The van der Waals surface area contributed by atoms with E-state index in [9.17, 15) is 23.5 Å². The van der Waals surface area contributed by atoms with Crippen molar-refractivity contribution in [3.05, 3.63) is 113 Å². The second kappa shape index (κ2) is 7.91. The van der Waals surface area contributed by atoms with E-state index in [4.69, 9.17) is 0 Å². The van der Waals surface area contributed by atoms with Gasteiger partial charge in [-0.1, -0.05) is 48.5 Å². The largest absolute Gasteiger partial charge is 0.507 e. The molecule has 0 saturated carbocycles. The topological polar surface area (TPSA) is 57.6 Å². The zero-order valence-corrected chi connectivity index (χ0v) is 15.8. The van der Waals surface area contributed by atoms with Crippen LogP contribution in [-0.2, 0) is 16.1 Å². The van der Waals surface area contributed by atoms with Crippen molar-refractivity contribution in [2.24, 2.45) is 0 Å². The van der Waals surface area contributed by atoms with Gasteiger partial charge in [-0.15, -0.1) is 0 Å². The Balaban J connectivity index is 1.88. The molecule has 0 spiro atoms. The Bertz CT molecular complexity index is 1140. The quantitative estimate of drug-likeness (QED) is 0.393. The number of Topliss-reactive ketones (excluding diaryl/α,β-unsaturated/α-hetero) is 1. The maximum absolute atomic E-state index is 14.7. The van der Waals surface area contributed by atoms with Crippen molar-refractivity contribution in [2.45, 2.75) is 12.6 Å². The van der Waals surface area contributed by atoms with E-state index in [-0.39, 0.29) is 23.2 Å². The monoisotopic (exact) mass is 405 g/mol. The van der Waals surface area contributed by atoms with E-state index < -0.39 is 35.1 Å². The van der Waals surface area contributed by atoms with Gasteiger partial charge in [0.05, 0.1) is 11.6 Å². The third kappa shape index (κ3) is 3.48. The van der Waals surface area contributed by atoms with E-state index in [2.05, 4.69) is 0 Å². The molecule has 1 amide bonds. The van der Waals surface area contributed by atoms with E-state index in [0.29, 0.717) is 0 Å². The van der Waals surface area contributed by atoms with E-state index in [0.717, 1.165) is 17.7 Å². The normalized spacial score (nSPS) is 18.1. The maximum atomic E-state index is 14.7. The molecule has 1 aliphatic rings. The molecule has 1 atom stereocenters. The van der Waals surface area contributed by atoms with Gasteiger partial charge >= 0.3 is 0 Å². The number of likely N-dealkylation sites (tertiary alicyclic amines) is 1. The average molecular weight is 405 g/mol. The van der Waals surface area contributed by atoms with E-state index in [1.807, 2.05) is 6.07 Å². The number of benzene rings is 3. The number of aliphatic hydroxyl groups excluding tert-OH is 1. The smallest absolute Gasteiger partial charge is 0.295 e. The van der Waals surface area contributed by atoms with Crippen molar-refractivity contribution in [3.63, 3.8) is 0 Å². The van der Waals surface area contributed by atoms with Crippen LogP contribution < -0.4 is 0 Å². The van der Waals surface area contributed by atoms with Gasteiger partial charge in [0.25, 0.3) is 11.7 Å². The van der Waals surface area contributed by atoms with Gasteiger partial charge in [-0.05, 0) is 35.9 Å². The van der Waals surface area contributed by atoms with Gasteiger partial charge in [0.2, 0.25) is 0 Å². The highest BCUT2D eigenvalue weighted by Gasteiger charge is 2.46. The van der Waals surface area contributed by atoms with Crippen LogP contribution in [0.15, 0.2) is 84.4 Å². The molecular weight excluding hydrogens is 388 g/mol. The minimum absolute atomic E-state index is 0.0601. The SMILES string of the molecule is O=C1C(=O)N(Cc2ccccc2)C(c2ccccc2F)/C1=C(\O)c1ccc(F)cc1. The molecular formula is C24H17F2NO3. The first-order valence-electron chi connectivity index (χ1n) is 9.30. The van der Waals surface area contributed by atoms with Crippen LogP contribution in [0.5, 0.6) is 0 Å². The molecule has 3 aromatic carbocycles. The van der Waals surface area contributed by atoms with Gasteiger partial charge in [0.15, 0.2) is 0 Å². The number of hydrogen-bond donors (Lipinski definition) is 1. The first kappa shape index (κ1) is 19.5. The Labute approximate surface area is 171 Å². The number of carbonyl (C=O) groups excluding carboxylic acids is 2. The summed E-state index contributed by atoms with van der Waals surface area (Å²) >= 11 is 0. The van der Waals surface area contributed by atoms with Crippen molar-refractivity contribution in [1.82, 2.24) is 4.90 Å². The predicted octanol–water partition coefficient (Wildman–Crippen LogP) is 4.59. The molecule has 1 heterocycles. The molecule has 6 heteroatoms. The number of halogens is 2. The fraction of sp³-hybridized carbons (Fsp3) is 0.0833. The molecule has 1 fully saturated rings. The summed E-state index contributed by atoms with van der Waals surface area (Å²) in [5, 5.41) is 10.8. The minimum Gasteiger partial charge on any atom is -0.507 e. The van der Waals surface area contributed by atoms with Gasteiger partial charge in [0.1, 0.15) is 17.4 Å². The van der Waals surface area contributed by atoms with Crippen LogP contribution >= 0.6 is 0 Å². The summed E-state index contributed by atoms with van der Waals surface area (Å²) < 4.78 is 28.0. The van der Waals surface area contributed by atoms with Crippen molar-refractivity contribution >= 4 is 17.4 Å². The Morgan fingerprint density at radius 2 is 1.50 bits per heavy atom. The zero-order chi connectivity index (χ0) is 21.3. The summed E-state index contributed by atoms with van der Waals surface area (Å²) in [6, 6.07) is 18.5. The van der Waals surface area contributed by atoms with Crippen LogP contribution in [0.25, 0.3) is 5.76 Å². The van der Waals surface area contributed by atoms with Crippen LogP contribution in [0.2, 0.25) is 0 Å². The Hall–Kier alpha value is -3.80. The molecule has 4 nitrogen and oxygen atoms in total. The lowest BCUT2D eigenvalue weighted by atomic mass is 9.94. The first-order chi connectivity index (χ1) is 14.5. The third-order valence-electron chi connectivity index (χ3n) is 5.05. The molecule has 3 aromatic rings. The van der Waals surface area contributed by atoms with E-state index in [1.54, 1.807) is 30.3 Å². The molecule has 30 heavy (non-hydrogen) atoms. The number of hydrogen-bond acceptors (Lipinski definition) is 3. The van der Waals surface area contributed by atoms with E-state index in [1.165, 1.54) is 35.2 Å². The van der Waals surface area contributed by atoms with Crippen LogP contribution in [0.3, 0.4) is 0 Å². The molecule has 1 saturated heterocycles. The van der Waals surface area contributed by atoms with Gasteiger partial charge in [-0.3, -0.25) is 9.59 Å². The number of rotatable bonds is 4. The maximum Gasteiger partial charge on any atom is 0.295 e. The fourth-order valence-corrected chi connectivity index (χ4v) is 3.61. The van der Waals surface area contributed by atoms with Gasteiger partial charge in [-0.2, -0.15) is 0 Å². The Kier molecular flexibility index (Phi) is 5.14. The lowest BCUT2D eigenvalue weighted by Gasteiger charge is -2.25. The molecule has 150 valence electrons. The molecule has 1 unspecified atom stereocenters. The van der Waals surface area contributed by atoms with Crippen LogP contribution in [0, 0.1) is 11.6 Å². The number of amides is 1. The standard InChI is InChI=1S/C24H17F2NO3/c25-17-12-10-16(11-13-17)22(28)20-21(18-8-4-5-9-19(18)26)27(24(30)23(20)29)14-15-6-2-1-3-7-15/h1-13,21,28H,14H2/b22-20+. The molecule has 0 bridgehead atoms. The van der Waals surface area contributed by atoms with Gasteiger partial charge in [-0.25, -0.2) is 8.78 Å². The van der Waals surface area contributed by atoms with Crippen molar-refractivity contribution in [3.8, 4) is 0 Å². The van der Waals surface area contributed by atoms with Gasteiger partial charge < -0.3 is 10.0 Å². The van der Waals surface area contributed by atoms with Gasteiger partial charge in [0, 0.05) is 17.7 Å². The van der Waals surface area contributed by atoms with Crippen LogP contribution in [0.4, 0.5) is 8.78 Å². The summed E-state index contributed by atoms with van der Waals surface area (Å²) in [5.74, 6) is -3.34. The average Bonchev–Trinajstić information content (AvgIpc) is 3.00. The number of aliphatic hydroxyl groups is 1. The van der Waals surface area contributed by atoms with E-state index >= 15 is 0 Å². The second-order valence-electron chi connectivity index (χ2n) is 6.94. The number of carbonyl (C=O) groups is 2. The summed E-state index contributed by atoms with van der Waals surface area (Å²) in [6.07, 6.45) is 0. The molecule has 1 N–H and O–H groups in total. The second-order valence-corrected chi connectivity index (χ2v) is 6.94. The highest BCUT2D eigenvalue weighted by molar-refractivity contribution is 6.46. The summed E-state index contributed by atoms with van der Waals surface area (Å²) in [6.45, 7) is 0.0601. The summed E-state index contributed by atoms with van der Waals surface area (Å²) in [5.41, 5.74) is 0.780. The van der Waals surface area contributed by atoms with Crippen molar-refractivity contribution in [2.75, 3.05) is 0 Å². The molecule has 0 radical (unpaired) electrons. The highest BCUT2D eigenvalue weighted by Crippen LogP contribution is 2.41. The van der Waals surface area contributed by atoms with Crippen molar-refractivity contribution in [1.29, 1.82) is 0 Å². The van der Waals surface area contributed by atoms with Crippen LogP contribution in [0.1, 0.15) is 22.7 Å². The first-order valence-corrected chi connectivity index (χ1v) is 9.30. The number of ketones is 1. The summed E-state index contributed by atoms with van der Waals surface area (Å²) in [4.78, 5) is 27.0. The Morgan fingerprint density at radius 1 is 0.867 bits per heavy atom. The predicted molar refractivity (Wildman–Crippen MR) is 107 cm³/mol. The summed E-state index contributed by atoms with van der Waals surface area (Å²) in [7, 11) is 0. The lowest BCUT2D eigenvalue weighted by Crippen LogP contribution is -2.29. The zero-order valence-electron chi connectivity index (χ0n) is 15.8.